The Bertz CT molecular complexity index is 1130. The molecular weight excluding hydrogens is 358 g/mol. The van der Waals surface area contributed by atoms with Crippen LogP contribution in [0.15, 0.2) is 54.7 Å². The van der Waals surface area contributed by atoms with Crippen LogP contribution < -0.4 is 5.32 Å². The third kappa shape index (κ3) is 2.92. The molecule has 0 saturated carbocycles. The van der Waals surface area contributed by atoms with Crippen molar-refractivity contribution in [1.82, 2.24) is 20.2 Å². The minimum Gasteiger partial charge on any atom is -0.288 e. The first-order valence-corrected chi connectivity index (χ1v) is 9.46. The van der Waals surface area contributed by atoms with Gasteiger partial charge in [0.15, 0.2) is 5.82 Å². The van der Waals surface area contributed by atoms with Crippen LogP contribution in [-0.2, 0) is 12.8 Å². The SMILES string of the molecule is O=C(Nc1n[nH]c(-c2ccccn2)n1)c1cc2c(s1)-c1ccccc1CC2. The molecule has 0 spiro atoms. The lowest BCUT2D eigenvalue weighted by atomic mass is 9.91. The van der Waals surface area contributed by atoms with E-state index in [4.69, 9.17) is 0 Å². The van der Waals surface area contributed by atoms with Gasteiger partial charge in [0, 0.05) is 11.1 Å². The van der Waals surface area contributed by atoms with E-state index >= 15 is 0 Å². The molecule has 3 aromatic heterocycles. The van der Waals surface area contributed by atoms with Gasteiger partial charge in [0.05, 0.1) is 4.88 Å². The fourth-order valence-electron chi connectivity index (χ4n) is 3.28. The molecule has 27 heavy (non-hydrogen) atoms. The number of rotatable bonds is 3. The smallest absolute Gasteiger partial charge is 0.268 e. The van der Waals surface area contributed by atoms with Crippen molar-refractivity contribution in [1.29, 1.82) is 0 Å². The Balaban J connectivity index is 1.39. The monoisotopic (exact) mass is 373 g/mol. The summed E-state index contributed by atoms with van der Waals surface area (Å²) < 4.78 is 0. The van der Waals surface area contributed by atoms with Crippen molar-refractivity contribution in [2.75, 3.05) is 5.32 Å². The quantitative estimate of drug-likeness (QED) is 0.570. The van der Waals surface area contributed by atoms with Crippen LogP contribution in [0.1, 0.15) is 20.8 Å². The summed E-state index contributed by atoms with van der Waals surface area (Å²) in [5.41, 5.74) is 4.48. The second kappa shape index (κ2) is 6.44. The molecule has 6 nitrogen and oxygen atoms in total. The summed E-state index contributed by atoms with van der Waals surface area (Å²) in [5, 5.41) is 9.65. The molecule has 1 aliphatic carbocycles. The molecule has 7 heteroatoms. The van der Waals surface area contributed by atoms with Crippen LogP contribution >= 0.6 is 11.3 Å². The van der Waals surface area contributed by atoms with Gasteiger partial charge in [0.25, 0.3) is 5.91 Å². The first-order chi connectivity index (χ1) is 13.3. The van der Waals surface area contributed by atoms with Gasteiger partial charge < -0.3 is 0 Å². The minimum atomic E-state index is -0.196. The van der Waals surface area contributed by atoms with Crippen LogP contribution in [-0.4, -0.2) is 26.1 Å². The van der Waals surface area contributed by atoms with Crippen molar-refractivity contribution >= 4 is 23.2 Å². The number of nitrogens with one attached hydrogen (secondary N) is 2. The fourth-order valence-corrected chi connectivity index (χ4v) is 4.45. The normalized spacial score (nSPS) is 12.3. The van der Waals surface area contributed by atoms with Crippen molar-refractivity contribution < 1.29 is 4.79 Å². The van der Waals surface area contributed by atoms with E-state index < -0.39 is 0 Å². The minimum absolute atomic E-state index is 0.196. The van der Waals surface area contributed by atoms with Gasteiger partial charge in [-0.25, -0.2) is 0 Å². The number of carbonyl (C=O) groups is 1. The molecule has 0 unspecified atom stereocenters. The van der Waals surface area contributed by atoms with Gasteiger partial charge in [0.2, 0.25) is 5.95 Å². The molecule has 0 atom stereocenters. The molecule has 0 bridgehead atoms. The molecule has 1 aromatic carbocycles. The molecule has 0 fully saturated rings. The maximum absolute atomic E-state index is 12.7. The standard InChI is InChI=1S/C20H15N5OS/c26-19(23-20-22-18(24-25-20)15-7-3-4-10-21-15)16-11-13-9-8-12-5-1-2-6-14(12)17(13)27-16/h1-7,10-11H,8-9H2,(H2,22,23,24,25,26). The number of aromatic nitrogens is 4. The van der Waals surface area contributed by atoms with Crippen molar-refractivity contribution in [3.05, 3.63) is 70.7 Å². The summed E-state index contributed by atoms with van der Waals surface area (Å²) >= 11 is 1.52. The predicted molar refractivity (Wildman–Crippen MR) is 105 cm³/mol. The lowest BCUT2D eigenvalue weighted by Crippen LogP contribution is -2.11. The average Bonchev–Trinajstić information content (AvgIpc) is 3.36. The number of amides is 1. The zero-order valence-electron chi connectivity index (χ0n) is 14.3. The van der Waals surface area contributed by atoms with E-state index in [1.165, 1.54) is 32.9 Å². The highest BCUT2D eigenvalue weighted by atomic mass is 32.1. The molecule has 5 rings (SSSR count). The first-order valence-electron chi connectivity index (χ1n) is 8.64. The van der Waals surface area contributed by atoms with E-state index in [0.29, 0.717) is 16.4 Å². The summed E-state index contributed by atoms with van der Waals surface area (Å²) in [4.78, 5) is 23.1. The summed E-state index contributed by atoms with van der Waals surface area (Å²) in [6, 6.07) is 15.9. The Hall–Kier alpha value is -3.32. The number of thiophene rings is 1. The zero-order valence-corrected chi connectivity index (χ0v) is 15.1. The van der Waals surface area contributed by atoms with Gasteiger partial charge in [-0.3, -0.25) is 20.2 Å². The third-order valence-electron chi connectivity index (χ3n) is 4.58. The molecule has 0 saturated heterocycles. The van der Waals surface area contributed by atoms with Gasteiger partial charge in [-0.05, 0) is 47.7 Å². The largest absolute Gasteiger partial charge is 0.288 e. The number of benzene rings is 1. The number of aromatic amines is 1. The number of carbonyl (C=O) groups excluding carboxylic acids is 1. The van der Waals surface area contributed by atoms with Gasteiger partial charge in [-0.15, -0.1) is 16.4 Å². The predicted octanol–water partition coefficient (Wildman–Crippen LogP) is 3.95. The number of hydrogen-bond donors (Lipinski definition) is 2. The fraction of sp³-hybridized carbons (Fsp3) is 0.100. The Morgan fingerprint density at radius 3 is 2.81 bits per heavy atom. The highest BCUT2D eigenvalue weighted by Crippen LogP contribution is 2.39. The molecule has 0 aliphatic heterocycles. The van der Waals surface area contributed by atoms with Gasteiger partial charge in [-0.1, -0.05) is 30.3 Å². The van der Waals surface area contributed by atoms with Gasteiger partial charge in [0.1, 0.15) is 5.69 Å². The number of H-pyrrole nitrogens is 1. The lowest BCUT2D eigenvalue weighted by molar-refractivity contribution is 0.102. The molecule has 132 valence electrons. The average molecular weight is 373 g/mol. The number of nitrogens with zero attached hydrogens (tertiary/aromatic N) is 3. The Labute approximate surface area is 159 Å². The molecule has 1 aliphatic rings. The summed E-state index contributed by atoms with van der Waals surface area (Å²) in [6.45, 7) is 0. The van der Waals surface area contributed by atoms with Gasteiger partial charge in [-0.2, -0.15) is 4.98 Å². The summed E-state index contributed by atoms with van der Waals surface area (Å²) in [6.07, 6.45) is 3.65. The molecule has 4 aromatic rings. The summed E-state index contributed by atoms with van der Waals surface area (Å²) in [7, 11) is 0. The van der Waals surface area contributed by atoms with E-state index in [0.717, 1.165) is 12.8 Å². The van der Waals surface area contributed by atoms with Crippen molar-refractivity contribution in [2.24, 2.45) is 0 Å². The topological polar surface area (TPSA) is 83.6 Å². The number of pyridine rings is 1. The highest BCUT2D eigenvalue weighted by molar-refractivity contribution is 7.17. The molecule has 3 heterocycles. The van der Waals surface area contributed by atoms with E-state index in [1.807, 2.05) is 30.3 Å². The van der Waals surface area contributed by atoms with E-state index in [9.17, 15) is 4.79 Å². The van der Waals surface area contributed by atoms with Crippen LogP contribution in [0.4, 0.5) is 5.95 Å². The molecular formula is C20H15N5OS. The maximum Gasteiger partial charge on any atom is 0.268 e. The van der Waals surface area contributed by atoms with Crippen molar-refractivity contribution in [2.45, 2.75) is 12.8 Å². The second-order valence-electron chi connectivity index (χ2n) is 6.30. The molecule has 0 radical (unpaired) electrons. The van der Waals surface area contributed by atoms with Crippen LogP contribution in [0.25, 0.3) is 22.0 Å². The van der Waals surface area contributed by atoms with Crippen molar-refractivity contribution in [3.63, 3.8) is 0 Å². The number of aryl methyl sites for hydroxylation is 2. The second-order valence-corrected chi connectivity index (χ2v) is 7.35. The molecule has 1 amide bonds. The highest BCUT2D eigenvalue weighted by Gasteiger charge is 2.22. The number of hydrogen-bond acceptors (Lipinski definition) is 5. The Morgan fingerprint density at radius 2 is 1.93 bits per heavy atom. The Morgan fingerprint density at radius 1 is 1.07 bits per heavy atom. The lowest BCUT2D eigenvalue weighted by Gasteiger charge is -2.15. The van der Waals surface area contributed by atoms with Crippen LogP contribution in [0.3, 0.4) is 0 Å². The maximum atomic E-state index is 12.7. The van der Waals surface area contributed by atoms with E-state index in [2.05, 4.69) is 43.7 Å². The molecule has 2 N–H and O–H groups in total. The number of fused-ring (bicyclic) bond motifs is 3. The van der Waals surface area contributed by atoms with Crippen LogP contribution in [0.2, 0.25) is 0 Å². The van der Waals surface area contributed by atoms with E-state index in [-0.39, 0.29) is 11.9 Å². The summed E-state index contributed by atoms with van der Waals surface area (Å²) in [5.74, 6) is 0.566. The van der Waals surface area contributed by atoms with Crippen LogP contribution in [0, 0.1) is 0 Å². The number of anilines is 1. The van der Waals surface area contributed by atoms with Crippen LogP contribution in [0.5, 0.6) is 0 Å². The zero-order chi connectivity index (χ0) is 18.2. The first kappa shape index (κ1) is 15.9. The van der Waals surface area contributed by atoms with E-state index in [1.54, 1.807) is 6.20 Å². The Kier molecular flexibility index (Phi) is 3.79. The van der Waals surface area contributed by atoms with Crippen molar-refractivity contribution in [3.8, 4) is 22.0 Å². The van der Waals surface area contributed by atoms with Gasteiger partial charge >= 0.3 is 0 Å². The third-order valence-corrected chi connectivity index (χ3v) is 5.79.